The van der Waals surface area contributed by atoms with Gasteiger partial charge in [-0.25, -0.2) is 0 Å². The minimum Gasteiger partial charge on any atom is -0.339 e. The molecule has 0 bridgehead atoms. The van der Waals surface area contributed by atoms with Crippen LogP contribution in [0.4, 0.5) is 8.78 Å². The summed E-state index contributed by atoms with van der Waals surface area (Å²) in [6.45, 7) is 2.48. The molecule has 5 heterocycles. The number of benzene rings is 2. The topological polar surface area (TPSA) is 154 Å². The normalized spacial score (nSPS) is 27.7. The zero-order valence-corrected chi connectivity index (χ0v) is 28.9. The van der Waals surface area contributed by atoms with Crippen LogP contribution in [-0.2, 0) is 19.8 Å². The number of fused-ring (bicyclic) bond motifs is 2. The summed E-state index contributed by atoms with van der Waals surface area (Å²) in [4.78, 5) is 66.6. The van der Waals surface area contributed by atoms with Crippen LogP contribution in [0.1, 0.15) is 65.2 Å². The van der Waals surface area contributed by atoms with Crippen molar-refractivity contribution in [3.05, 3.63) is 70.6 Å². The summed E-state index contributed by atoms with van der Waals surface area (Å²) in [6, 6.07) is 14.8. The standard InChI is InChI=1S/C35H38F2N5O6PS/c36-35(37,49(46,47)48)24-7-12-30-22(15-24)16-31(50-30)32(43)39-28-17-26(40-13-4-14-40)9-8-25-10-11-29(42(25)33(28)44)34(45)41-19-23(18-38)27(20-41)21-5-2-1-3-6-21/h1-3,5-7,12,15-16,23,25-29H,4,8-11,13-14,17,19-20H2,(H,39,43)(H2,46,47,48)/t23-,25-,26+,27?,28-,29-/m0/s1. The number of halogens is 2. The summed E-state index contributed by atoms with van der Waals surface area (Å²) in [5.74, 6) is -1.58. The lowest BCUT2D eigenvalue weighted by molar-refractivity contribution is -0.147. The highest BCUT2D eigenvalue weighted by Gasteiger charge is 2.51. The number of thiophene rings is 1. The van der Waals surface area contributed by atoms with E-state index < -0.39 is 36.8 Å². The fourth-order valence-electron chi connectivity index (χ4n) is 8.06. The number of nitrogens with zero attached hydrogens (tertiary/aromatic N) is 4. The van der Waals surface area contributed by atoms with Gasteiger partial charge in [0.1, 0.15) is 12.1 Å². The SMILES string of the molecule is N#C[C@H]1CN(C(=O)[C@@H]2CC[C@@H]3CC[C@@H](N4CCC4)C[C@H](NC(=O)c4cc5cc(C(F)(F)P(=O)(O)O)ccc5s4)C(=O)N32)CC1c1ccccc1. The van der Waals surface area contributed by atoms with E-state index in [1.807, 2.05) is 30.3 Å². The van der Waals surface area contributed by atoms with Crippen molar-refractivity contribution in [1.29, 1.82) is 5.26 Å². The van der Waals surface area contributed by atoms with Crippen LogP contribution in [-0.4, -0.2) is 92.6 Å². The second kappa shape index (κ2) is 13.4. The van der Waals surface area contributed by atoms with E-state index in [1.165, 1.54) is 12.1 Å². The van der Waals surface area contributed by atoms with Crippen LogP contribution in [0.25, 0.3) is 10.1 Å². The van der Waals surface area contributed by atoms with E-state index in [4.69, 9.17) is 0 Å². The minimum atomic E-state index is -5.78. The molecule has 11 nitrogen and oxygen atoms in total. The molecule has 1 aromatic heterocycles. The van der Waals surface area contributed by atoms with E-state index in [9.17, 15) is 42.8 Å². The van der Waals surface area contributed by atoms with E-state index in [2.05, 4.69) is 16.3 Å². The van der Waals surface area contributed by atoms with Crippen molar-refractivity contribution in [3.8, 4) is 6.07 Å². The fourth-order valence-corrected chi connectivity index (χ4v) is 9.48. The third kappa shape index (κ3) is 6.35. The van der Waals surface area contributed by atoms with Crippen LogP contribution in [0.15, 0.2) is 54.6 Å². The minimum absolute atomic E-state index is 0.0661. The van der Waals surface area contributed by atoms with Crippen molar-refractivity contribution in [3.63, 3.8) is 0 Å². The molecule has 6 atom stereocenters. The molecular formula is C35H38F2N5O6PS. The van der Waals surface area contributed by atoms with Crippen LogP contribution in [0, 0.1) is 17.2 Å². The molecule has 0 radical (unpaired) electrons. The Labute approximate surface area is 292 Å². The molecule has 0 saturated carbocycles. The van der Waals surface area contributed by atoms with Gasteiger partial charge in [-0.05, 0) is 80.8 Å². The van der Waals surface area contributed by atoms with Gasteiger partial charge < -0.3 is 29.8 Å². The highest BCUT2D eigenvalue weighted by atomic mass is 32.1. The van der Waals surface area contributed by atoms with Gasteiger partial charge in [0.05, 0.1) is 16.9 Å². The molecule has 0 aliphatic carbocycles. The van der Waals surface area contributed by atoms with Gasteiger partial charge >= 0.3 is 13.3 Å². The van der Waals surface area contributed by atoms with E-state index >= 15 is 0 Å². The number of carbonyl (C=O) groups excluding carboxylic acids is 3. The molecule has 3 aromatic rings. The van der Waals surface area contributed by atoms with Crippen molar-refractivity contribution in [2.24, 2.45) is 5.92 Å². The van der Waals surface area contributed by atoms with Gasteiger partial charge in [0.15, 0.2) is 0 Å². The Morgan fingerprint density at radius 1 is 1.00 bits per heavy atom. The molecule has 4 aliphatic heterocycles. The van der Waals surface area contributed by atoms with Gasteiger partial charge in [-0.3, -0.25) is 18.9 Å². The molecule has 15 heteroatoms. The van der Waals surface area contributed by atoms with E-state index in [-0.39, 0.29) is 52.5 Å². The first-order chi connectivity index (χ1) is 23.9. The maximum atomic E-state index is 14.5. The Bertz CT molecular complexity index is 1890. The first-order valence-corrected chi connectivity index (χ1v) is 19.4. The van der Waals surface area contributed by atoms with E-state index in [1.54, 1.807) is 9.80 Å². The Balaban J connectivity index is 1.13. The van der Waals surface area contributed by atoms with Crippen LogP contribution in [0.5, 0.6) is 0 Å². The van der Waals surface area contributed by atoms with Crippen molar-refractivity contribution in [2.45, 2.75) is 74.3 Å². The quantitative estimate of drug-likeness (QED) is 0.299. The number of alkyl halides is 2. The van der Waals surface area contributed by atoms with Gasteiger partial charge in [-0.15, -0.1) is 11.3 Å². The third-order valence-corrected chi connectivity index (χ3v) is 13.0. The summed E-state index contributed by atoms with van der Waals surface area (Å²) >= 11 is 1.02. The monoisotopic (exact) mass is 725 g/mol. The van der Waals surface area contributed by atoms with Crippen molar-refractivity contribution >= 4 is 46.7 Å². The molecule has 0 spiro atoms. The molecule has 4 aliphatic rings. The predicted molar refractivity (Wildman–Crippen MR) is 181 cm³/mol. The average molecular weight is 726 g/mol. The first kappa shape index (κ1) is 34.7. The molecule has 3 amide bonds. The zero-order chi connectivity index (χ0) is 35.4. The van der Waals surface area contributed by atoms with Crippen LogP contribution in [0.3, 0.4) is 0 Å². The molecule has 2 aromatic carbocycles. The molecular weight excluding hydrogens is 687 g/mol. The van der Waals surface area contributed by atoms with E-state index in [0.717, 1.165) is 61.4 Å². The average Bonchev–Trinajstić information content (AvgIpc) is 3.81. The van der Waals surface area contributed by atoms with Crippen LogP contribution in [0.2, 0.25) is 0 Å². The van der Waals surface area contributed by atoms with Crippen molar-refractivity contribution in [1.82, 2.24) is 20.0 Å². The molecule has 4 fully saturated rings. The van der Waals surface area contributed by atoms with Crippen molar-refractivity contribution in [2.75, 3.05) is 26.2 Å². The number of hydrogen-bond acceptors (Lipinski definition) is 7. The van der Waals surface area contributed by atoms with Gasteiger partial charge in [-0.2, -0.15) is 14.0 Å². The number of likely N-dealkylation sites (tertiary alicyclic amines) is 2. The molecule has 1 unspecified atom stereocenters. The largest absolute Gasteiger partial charge is 0.399 e. The maximum absolute atomic E-state index is 14.5. The number of nitriles is 1. The predicted octanol–water partition coefficient (Wildman–Crippen LogP) is 4.61. The highest BCUT2D eigenvalue weighted by molar-refractivity contribution is 7.52. The second-order valence-electron chi connectivity index (χ2n) is 13.8. The highest BCUT2D eigenvalue weighted by Crippen LogP contribution is 2.59. The summed E-state index contributed by atoms with van der Waals surface area (Å²) < 4.78 is 40.7. The Morgan fingerprint density at radius 3 is 2.40 bits per heavy atom. The molecule has 264 valence electrons. The zero-order valence-electron chi connectivity index (χ0n) is 27.2. The number of nitrogens with one attached hydrogen (secondary N) is 1. The Morgan fingerprint density at radius 2 is 1.72 bits per heavy atom. The summed E-state index contributed by atoms with van der Waals surface area (Å²) in [5, 5.41) is 13.1. The third-order valence-electron chi connectivity index (χ3n) is 10.9. The Hall–Kier alpha value is -3.73. The molecule has 50 heavy (non-hydrogen) atoms. The van der Waals surface area contributed by atoms with Crippen molar-refractivity contribution < 1.29 is 37.5 Å². The smallest absolute Gasteiger partial charge is 0.339 e. The maximum Gasteiger partial charge on any atom is 0.399 e. The summed E-state index contributed by atoms with van der Waals surface area (Å²) in [7, 11) is -5.78. The van der Waals surface area contributed by atoms with Gasteiger partial charge in [0.2, 0.25) is 11.8 Å². The summed E-state index contributed by atoms with van der Waals surface area (Å²) in [6.07, 6.45) is 4.10. The number of rotatable bonds is 7. The number of amides is 3. The molecule has 7 rings (SSSR count). The van der Waals surface area contributed by atoms with E-state index in [0.29, 0.717) is 30.5 Å². The lowest BCUT2D eigenvalue weighted by Gasteiger charge is -2.44. The summed E-state index contributed by atoms with van der Waals surface area (Å²) in [5.41, 5.74) is -4.26. The molecule has 3 N–H and O–H groups in total. The van der Waals surface area contributed by atoms with Crippen LogP contribution < -0.4 is 5.32 Å². The van der Waals surface area contributed by atoms with Gasteiger partial charge in [0, 0.05) is 41.4 Å². The number of carbonyl (C=O) groups is 3. The van der Waals surface area contributed by atoms with Gasteiger partial charge in [0.25, 0.3) is 5.91 Å². The van der Waals surface area contributed by atoms with Gasteiger partial charge in [-0.1, -0.05) is 36.4 Å². The number of hydrogen-bond donors (Lipinski definition) is 3. The lowest BCUT2D eigenvalue weighted by Crippen LogP contribution is -2.59. The second-order valence-corrected chi connectivity index (χ2v) is 16.6. The van der Waals surface area contributed by atoms with Crippen LogP contribution >= 0.6 is 18.9 Å². The Kier molecular flexibility index (Phi) is 9.32. The first-order valence-electron chi connectivity index (χ1n) is 16.9. The molecule has 4 saturated heterocycles. The fraction of sp³-hybridized carbons (Fsp3) is 0.486. The lowest BCUT2D eigenvalue weighted by atomic mass is 9.90.